The molecule has 3 aromatic carbocycles. The molecule has 0 radical (unpaired) electrons. The van der Waals surface area contributed by atoms with E-state index < -0.39 is 59.5 Å². The molecule has 5 atom stereocenters. The summed E-state index contributed by atoms with van der Waals surface area (Å²) in [5.74, 6) is -3.20. The summed E-state index contributed by atoms with van der Waals surface area (Å²) < 4.78 is 28.0. The molecule has 0 aromatic heterocycles. The van der Waals surface area contributed by atoms with Gasteiger partial charge in [-0.2, -0.15) is 0 Å². The van der Waals surface area contributed by atoms with Crippen LogP contribution in [0.4, 0.5) is 5.69 Å². The first-order valence-electron chi connectivity index (χ1n) is 12.4. The molecule has 3 aromatic rings. The van der Waals surface area contributed by atoms with Crippen LogP contribution in [0, 0.1) is 10.1 Å². The highest BCUT2D eigenvalue weighted by molar-refractivity contribution is 5.91. The maximum absolute atomic E-state index is 13.0. The Morgan fingerprint density at radius 3 is 1.71 bits per heavy atom. The molecule has 1 heterocycles. The van der Waals surface area contributed by atoms with E-state index in [4.69, 9.17) is 23.7 Å². The molecule has 41 heavy (non-hydrogen) atoms. The summed E-state index contributed by atoms with van der Waals surface area (Å²) in [6.07, 6.45) is -6.68. The average molecular weight is 564 g/mol. The molecule has 0 amide bonds. The molecule has 1 aliphatic heterocycles. The van der Waals surface area contributed by atoms with Crippen molar-refractivity contribution in [2.75, 3.05) is 0 Å². The lowest BCUT2D eigenvalue weighted by molar-refractivity contribution is -0.384. The van der Waals surface area contributed by atoms with Gasteiger partial charge < -0.3 is 23.7 Å². The van der Waals surface area contributed by atoms with Crippen LogP contribution in [0.1, 0.15) is 44.9 Å². The number of esters is 4. The van der Waals surface area contributed by atoms with E-state index in [1.54, 1.807) is 36.4 Å². The highest BCUT2D eigenvalue weighted by Crippen LogP contribution is 2.32. The van der Waals surface area contributed by atoms with E-state index in [2.05, 4.69) is 0 Å². The minimum atomic E-state index is -1.50. The number of benzene rings is 3. The number of nitro groups is 1. The minimum Gasteiger partial charge on any atom is -0.456 e. The minimum absolute atomic E-state index is 0.0156. The van der Waals surface area contributed by atoms with Crippen LogP contribution >= 0.6 is 0 Å². The van der Waals surface area contributed by atoms with Crippen LogP contribution in [0.15, 0.2) is 84.9 Å². The van der Waals surface area contributed by atoms with Crippen LogP contribution in [0.3, 0.4) is 0 Å². The molecule has 12 heteroatoms. The second-order valence-corrected chi connectivity index (χ2v) is 8.96. The third-order valence-corrected chi connectivity index (χ3v) is 6.06. The van der Waals surface area contributed by atoms with Gasteiger partial charge in [-0.25, -0.2) is 14.4 Å². The van der Waals surface area contributed by atoms with Gasteiger partial charge in [0.15, 0.2) is 6.10 Å². The Morgan fingerprint density at radius 2 is 1.22 bits per heavy atom. The Bertz CT molecular complexity index is 1410. The molecule has 0 N–H and O–H groups in total. The molecule has 0 bridgehead atoms. The number of ether oxygens (including phenoxy) is 5. The summed E-state index contributed by atoms with van der Waals surface area (Å²) >= 11 is 0. The zero-order chi connectivity index (χ0) is 29.5. The predicted octanol–water partition coefficient (Wildman–Crippen LogP) is 3.88. The fourth-order valence-electron chi connectivity index (χ4n) is 4.10. The van der Waals surface area contributed by atoms with Crippen LogP contribution in [-0.4, -0.2) is 59.5 Å². The quantitative estimate of drug-likeness (QED) is 0.161. The van der Waals surface area contributed by atoms with Gasteiger partial charge in [-0.05, 0) is 43.3 Å². The first kappa shape index (κ1) is 28.9. The fourth-order valence-corrected chi connectivity index (χ4v) is 4.10. The molecule has 4 rings (SSSR count). The standard InChI is InChI=1S/C29H25NO11/c1-17(37-26(32)21-13-15-22(16-14-21)30(35)36)23-24(39-27(33)19-9-5-3-6-10-19)25(29(41-23)38-18(2)31)40-28(34)20-11-7-4-8-12-20/h3-17,23-25,29H,1-2H3/t17?,23-,24-,25?,29?/m1/s1. The lowest BCUT2D eigenvalue weighted by Gasteiger charge is -2.26. The molecule has 3 unspecified atom stereocenters. The van der Waals surface area contributed by atoms with Crippen molar-refractivity contribution in [3.05, 3.63) is 112 Å². The summed E-state index contributed by atoms with van der Waals surface area (Å²) in [4.78, 5) is 61.0. The highest BCUT2D eigenvalue weighted by atomic mass is 16.8. The summed E-state index contributed by atoms with van der Waals surface area (Å²) in [5.41, 5.74) is 0.171. The van der Waals surface area contributed by atoms with Crippen molar-refractivity contribution >= 4 is 29.6 Å². The molecule has 212 valence electrons. The molecule has 1 fully saturated rings. The maximum atomic E-state index is 13.0. The third kappa shape index (κ3) is 7.11. The number of carbonyl (C=O) groups is 4. The van der Waals surface area contributed by atoms with Crippen molar-refractivity contribution in [2.24, 2.45) is 0 Å². The molecule has 12 nitrogen and oxygen atoms in total. The monoisotopic (exact) mass is 563 g/mol. The average Bonchev–Trinajstić information content (AvgIpc) is 3.29. The lowest BCUT2D eigenvalue weighted by Crippen LogP contribution is -2.45. The Labute approximate surface area is 233 Å². The number of carbonyl (C=O) groups excluding carboxylic acids is 4. The van der Waals surface area contributed by atoms with Crippen LogP contribution < -0.4 is 0 Å². The van der Waals surface area contributed by atoms with E-state index in [9.17, 15) is 29.3 Å². The van der Waals surface area contributed by atoms with Crippen molar-refractivity contribution in [3.8, 4) is 0 Å². The Morgan fingerprint density at radius 1 is 0.732 bits per heavy atom. The van der Waals surface area contributed by atoms with E-state index in [1.807, 2.05) is 0 Å². The van der Waals surface area contributed by atoms with Gasteiger partial charge in [0.25, 0.3) is 5.69 Å². The van der Waals surface area contributed by atoms with E-state index in [0.29, 0.717) is 0 Å². The fraction of sp³-hybridized carbons (Fsp3) is 0.241. The van der Waals surface area contributed by atoms with Gasteiger partial charge in [0.05, 0.1) is 21.6 Å². The van der Waals surface area contributed by atoms with E-state index >= 15 is 0 Å². The topological polar surface area (TPSA) is 158 Å². The Kier molecular flexibility index (Phi) is 9.05. The first-order valence-corrected chi connectivity index (χ1v) is 12.4. The predicted molar refractivity (Wildman–Crippen MR) is 140 cm³/mol. The number of hydrogen-bond donors (Lipinski definition) is 0. The number of nitro benzene ring substituents is 1. The van der Waals surface area contributed by atoms with Crippen LogP contribution in [0.25, 0.3) is 0 Å². The van der Waals surface area contributed by atoms with Gasteiger partial charge >= 0.3 is 23.9 Å². The third-order valence-electron chi connectivity index (χ3n) is 6.06. The van der Waals surface area contributed by atoms with Crippen molar-refractivity contribution in [1.82, 2.24) is 0 Å². The van der Waals surface area contributed by atoms with Gasteiger partial charge in [0, 0.05) is 19.1 Å². The molecular formula is C29H25NO11. The smallest absolute Gasteiger partial charge is 0.338 e. The number of non-ortho nitro benzene ring substituents is 1. The van der Waals surface area contributed by atoms with Crippen molar-refractivity contribution in [1.29, 1.82) is 0 Å². The Hall–Kier alpha value is -5.10. The van der Waals surface area contributed by atoms with Crippen LogP contribution in [-0.2, 0) is 28.5 Å². The van der Waals surface area contributed by atoms with E-state index in [-0.39, 0.29) is 22.4 Å². The normalized spacial score (nSPS) is 20.3. The molecule has 0 aliphatic carbocycles. The summed E-state index contributed by atoms with van der Waals surface area (Å²) in [7, 11) is 0. The van der Waals surface area contributed by atoms with Crippen molar-refractivity contribution in [2.45, 2.75) is 44.6 Å². The van der Waals surface area contributed by atoms with Gasteiger partial charge in [0.2, 0.25) is 12.4 Å². The van der Waals surface area contributed by atoms with Gasteiger partial charge in [-0.3, -0.25) is 14.9 Å². The van der Waals surface area contributed by atoms with E-state index in [1.165, 1.54) is 43.3 Å². The van der Waals surface area contributed by atoms with Crippen LogP contribution in [0.5, 0.6) is 0 Å². The van der Waals surface area contributed by atoms with E-state index in [0.717, 1.165) is 19.1 Å². The zero-order valence-electron chi connectivity index (χ0n) is 21.9. The highest BCUT2D eigenvalue weighted by Gasteiger charge is 2.54. The van der Waals surface area contributed by atoms with Gasteiger partial charge in [0.1, 0.15) is 12.2 Å². The van der Waals surface area contributed by atoms with Gasteiger partial charge in [-0.15, -0.1) is 0 Å². The van der Waals surface area contributed by atoms with Crippen molar-refractivity contribution < 1.29 is 47.8 Å². The summed E-state index contributed by atoms with van der Waals surface area (Å²) in [5, 5.41) is 10.9. The molecular weight excluding hydrogens is 538 g/mol. The molecule has 0 saturated carbocycles. The van der Waals surface area contributed by atoms with Crippen LogP contribution in [0.2, 0.25) is 0 Å². The largest absolute Gasteiger partial charge is 0.456 e. The van der Waals surface area contributed by atoms with Crippen molar-refractivity contribution in [3.63, 3.8) is 0 Å². The molecule has 1 saturated heterocycles. The number of rotatable bonds is 9. The molecule has 1 aliphatic rings. The Balaban J connectivity index is 1.62. The lowest BCUT2D eigenvalue weighted by atomic mass is 10.1. The SMILES string of the molecule is CC(=O)OC1O[C@H](C(C)OC(=O)c2ccc([N+](=O)[O-])cc2)[C@@H](OC(=O)c2ccccc2)C1OC(=O)c1ccccc1. The summed E-state index contributed by atoms with van der Waals surface area (Å²) in [6.45, 7) is 2.57. The number of nitrogens with zero attached hydrogens (tertiary/aromatic N) is 1. The van der Waals surface area contributed by atoms with Gasteiger partial charge in [-0.1, -0.05) is 36.4 Å². The number of hydrogen-bond acceptors (Lipinski definition) is 11. The second kappa shape index (κ2) is 12.8. The second-order valence-electron chi connectivity index (χ2n) is 8.96. The summed E-state index contributed by atoms with van der Waals surface area (Å²) in [6, 6.07) is 20.7. The maximum Gasteiger partial charge on any atom is 0.338 e. The first-order chi connectivity index (χ1) is 19.6. The molecule has 0 spiro atoms. The zero-order valence-corrected chi connectivity index (χ0v) is 21.9.